The summed E-state index contributed by atoms with van der Waals surface area (Å²) in [7, 11) is 0. The predicted molar refractivity (Wildman–Crippen MR) is 111 cm³/mol. The summed E-state index contributed by atoms with van der Waals surface area (Å²) in [5.41, 5.74) is 4.28. The highest BCUT2D eigenvalue weighted by atomic mass is 16.5. The van der Waals surface area contributed by atoms with Gasteiger partial charge in [-0.1, -0.05) is 12.1 Å². The van der Waals surface area contributed by atoms with Crippen LogP contribution in [0.3, 0.4) is 0 Å². The Bertz CT molecular complexity index is 1090. The molecular formula is C22H24N4O3. The van der Waals surface area contributed by atoms with E-state index >= 15 is 0 Å². The molecule has 1 amide bonds. The Morgan fingerprint density at radius 2 is 1.86 bits per heavy atom. The molecule has 2 aromatic carbocycles. The molecule has 7 nitrogen and oxygen atoms in total. The highest BCUT2D eigenvalue weighted by molar-refractivity contribution is 5.97. The molecule has 2 N–H and O–H groups in total. The number of nitrogens with zero attached hydrogens (tertiary/aromatic N) is 2. The number of anilines is 1. The second kappa shape index (κ2) is 7.40. The van der Waals surface area contributed by atoms with Crippen molar-refractivity contribution in [2.45, 2.75) is 25.4 Å². The quantitative estimate of drug-likeness (QED) is 0.699. The van der Waals surface area contributed by atoms with Gasteiger partial charge < -0.3 is 19.9 Å². The molecule has 0 spiro atoms. The van der Waals surface area contributed by atoms with Gasteiger partial charge in [0, 0.05) is 36.9 Å². The largest absolute Gasteiger partial charge is 0.378 e. The molecule has 2 heterocycles. The van der Waals surface area contributed by atoms with Crippen molar-refractivity contribution >= 4 is 22.6 Å². The second-order valence-electron chi connectivity index (χ2n) is 7.71. The standard InChI is InChI=1S/C22H24N4O3/c27-21(16-3-8-19-20(13-16)26(18-6-7-18)22(28)24-19)23-14-15-1-4-17(5-2-15)25-9-11-29-12-10-25/h1-5,8,13,18H,6-7,9-12,14H2,(H,23,27)(H,24,28). The van der Waals surface area contributed by atoms with Crippen LogP contribution in [0.5, 0.6) is 0 Å². The van der Waals surface area contributed by atoms with E-state index < -0.39 is 0 Å². The Hall–Kier alpha value is -3.06. The van der Waals surface area contributed by atoms with Gasteiger partial charge in [0.1, 0.15) is 0 Å². The zero-order valence-electron chi connectivity index (χ0n) is 16.2. The Morgan fingerprint density at radius 1 is 1.10 bits per heavy atom. The van der Waals surface area contributed by atoms with E-state index in [1.165, 1.54) is 5.69 Å². The van der Waals surface area contributed by atoms with Crippen molar-refractivity contribution < 1.29 is 9.53 Å². The van der Waals surface area contributed by atoms with Crippen molar-refractivity contribution in [2.75, 3.05) is 31.2 Å². The number of carbonyl (C=O) groups excluding carboxylic acids is 1. The zero-order chi connectivity index (χ0) is 19.8. The molecule has 3 aromatic rings. The Kier molecular flexibility index (Phi) is 4.60. The van der Waals surface area contributed by atoms with Crippen LogP contribution in [-0.4, -0.2) is 41.8 Å². The monoisotopic (exact) mass is 392 g/mol. The summed E-state index contributed by atoms with van der Waals surface area (Å²) in [6.07, 6.45) is 2.04. The van der Waals surface area contributed by atoms with Gasteiger partial charge in [-0.3, -0.25) is 9.36 Å². The van der Waals surface area contributed by atoms with Crippen LogP contribution in [0.4, 0.5) is 5.69 Å². The number of morpholine rings is 1. The van der Waals surface area contributed by atoms with Gasteiger partial charge in [-0.05, 0) is 48.7 Å². The number of hydrogen-bond donors (Lipinski definition) is 2. The first-order valence-corrected chi connectivity index (χ1v) is 10.1. The fraction of sp³-hybridized carbons (Fsp3) is 0.364. The summed E-state index contributed by atoms with van der Waals surface area (Å²) in [6, 6.07) is 13.9. The van der Waals surface area contributed by atoms with Crippen LogP contribution < -0.4 is 15.9 Å². The normalized spacial score (nSPS) is 16.9. The van der Waals surface area contributed by atoms with E-state index in [4.69, 9.17) is 4.74 Å². The molecule has 0 radical (unpaired) electrons. The predicted octanol–water partition coefficient (Wildman–Crippen LogP) is 2.43. The van der Waals surface area contributed by atoms with E-state index in [2.05, 4.69) is 27.3 Å². The van der Waals surface area contributed by atoms with Crippen molar-refractivity contribution in [3.8, 4) is 0 Å². The number of benzene rings is 2. The Balaban J connectivity index is 1.27. The lowest BCUT2D eigenvalue weighted by Crippen LogP contribution is -2.36. The smallest absolute Gasteiger partial charge is 0.326 e. The van der Waals surface area contributed by atoms with Crippen molar-refractivity contribution in [2.24, 2.45) is 0 Å². The number of rotatable bonds is 5. The summed E-state index contributed by atoms with van der Waals surface area (Å²) < 4.78 is 7.17. The van der Waals surface area contributed by atoms with Gasteiger partial charge in [0.25, 0.3) is 5.91 Å². The van der Waals surface area contributed by atoms with Gasteiger partial charge in [-0.25, -0.2) is 4.79 Å². The lowest BCUT2D eigenvalue weighted by molar-refractivity contribution is 0.0951. The molecular weight excluding hydrogens is 368 g/mol. The van der Waals surface area contributed by atoms with E-state index in [9.17, 15) is 9.59 Å². The van der Waals surface area contributed by atoms with Crippen LogP contribution >= 0.6 is 0 Å². The maximum atomic E-state index is 12.6. The fourth-order valence-electron chi connectivity index (χ4n) is 3.89. The molecule has 150 valence electrons. The number of fused-ring (bicyclic) bond motifs is 1. The van der Waals surface area contributed by atoms with E-state index in [0.717, 1.165) is 55.7 Å². The molecule has 2 fully saturated rings. The third-order valence-electron chi connectivity index (χ3n) is 5.66. The van der Waals surface area contributed by atoms with Gasteiger partial charge in [0.15, 0.2) is 0 Å². The van der Waals surface area contributed by atoms with Crippen molar-refractivity contribution in [3.05, 3.63) is 64.1 Å². The Morgan fingerprint density at radius 3 is 2.59 bits per heavy atom. The van der Waals surface area contributed by atoms with Crippen LogP contribution in [0, 0.1) is 0 Å². The maximum Gasteiger partial charge on any atom is 0.326 e. The summed E-state index contributed by atoms with van der Waals surface area (Å²) in [4.78, 5) is 30.0. The summed E-state index contributed by atoms with van der Waals surface area (Å²) in [5.74, 6) is -0.139. The molecule has 1 saturated heterocycles. The number of amides is 1. The molecule has 1 aliphatic heterocycles. The molecule has 7 heteroatoms. The van der Waals surface area contributed by atoms with Crippen LogP contribution in [-0.2, 0) is 11.3 Å². The molecule has 1 saturated carbocycles. The minimum Gasteiger partial charge on any atom is -0.378 e. The molecule has 29 heavy (non-hydrogen) atoms. The van der Waals surface area contributed by atoms with Crippen LogP contribution in [0.25, 0.3) is 11.0 Å². The summed E-state index contributed by atoms with van der Waals surface area (Å²) in [5, 5.41) is 2.98. The summed E-state index contributed by atoms with van der Waals surface area (Å²) in [6.45, 7) is 3.80. The topological polar surface area (TPSA) is 79.4 Å². The molecule has 1 aliphatic carbocycles. The highest BCUT2D eigenvalue weighted by Crippen LogP contribution is 2.35. The van der Waals surface area contributed by atoms with Crippen molar-refractivity contribution in [1.82, 2.24) is 14.9 Å². The zero-order valence-corrected chi connectivity index (χ0v) is 16.2. The lowest BCUT2D eigenvalue weighted by atomic mass is 10.1. The van der Waals surface area contributed by atoms with E-state index in [1.54, 1.807) is 10.6 Å². The van der Waals surface area contributed by atoms with Crippen LogP contribution in [0.1, 0.15) is 34.8 Å². The number of carbonyl (C=O) groups is 1. The minimum atomic E-state index is -0.139. The van der Waals surface area contributed by atoms with Gasteiger partial charge in [-0.15, -0.1) is 0 Å². The molecule has 5 rings (SSSR count). The van der Waals surface area contributed by atoms with Crippen LogP contribution in [0.15, 0.2) is 47.3 Å². The average molecular weight is 392 g/mol. The fourth-order valence-corrected chi connectivity index (χ4v) is 3.89. The number of imidazole rings is 1. The highest BCUT2D eigenvalue weighted by Gasteiger charge is 2.27. The second-order valence-corrected chi connectivity index (χ2v) is 7.71. The number of nitrogens with one attached hydrogen (secondary N) is 2. The number of ether oxygens (including phenoxy) is 1. The minimum absolute atomic E-state index is 0.0968. The third-order valence-corrected chi connectivity index (χ3v) is 5.66. The van der Waals surface area contributed by atoms with Gasteiger partial charge in [0.2, 0.25) is 0 Å². The van der Waals surface area contributed by atoms with E-state index in [-0.39, 0.29) is 17.6 Å². The number of hydrogen-bond acceptors (Lipinski definition) is 4. The van der Waals surface area contributed by atoms with E-state index in [0.29, 0.717) is 12.1 Å². The van der Waals surface area contributed by atoms with Gasteiger partial charge in [0.05, 0.1) is 24.2 Å². The molecule has 1 aromatic heterocycles. The van der Waals surface area contributed by atoms with Gasteiger partial charge in [-0.2, -0.15) is 0 Å². The first-order chi connectivity index (χ1) is 14.2. The first kappa shape index (κ1) is 18.0. The van der Waals surface area contributed by atoms with Crippen molar-refractivity contribution in [1.29, 1.82) is 0 Å². The lowest BCUT2D eigenvalue weighted by Gasteiger charge is -2.28. The van der Waals surface area contributed by atoms with Crippen LogP contribution in [0.2, 0.25) is 0 Å². The maximum absolute atomic E-state index is 12.6. The molecule has 0 atom stereocenters. The first-order valence-electron chi connectivity index (χ1n) is 10.1. The SMILES string of the molecule is O=C(NCc1ccc(N2CCOCC2)cc1)c1ccc2[nH]c(=O)n(C3CC3)c2c1. The molecule has 2 aliphatic rings. The molecule has 0 unspecified atom stereocenters. The third kappa shape index (κ3) is 3.65. The molecule has 0 bridgehead atoms. The number of aromatic amines is 1. The Labute approximate surface area is 168 Å². The number of aromatic nitrogens is 2. The number of H-pyrrole nitrogens is 1. The summed E-state index contributed by atoms with van der Waals surface area (Å²) >= 11 is 0. The van der Waals surface area contributed by atoms with Gasteiger partial charge >= 0.3 is 5.69 Å². The van der Waals surface area contributed by atoms with E-state index in [1.807, 2.05) is 24.3 Å². The average Bonchev–Trinajstić information content (AvgIpc) is 3.54. The van der Waals surface area contributed by atoms with Crippen molar-refractivity contribution in [3.63, 3.8) is 0 Å².